The zero-order chi connectivity index (χ0) is 34.4. The lowest BCUT2D eigenvalue weighted by molar-refractivity contribution is -0.473. The van der Waals surface area contributed by atoms with Crippen LogP contribution in [0.4, 0.5) is 92.2 Å². The summed E-state index contributed by atoms with van der Waals surface area (Å²) in [7, 11) is -6.91. The molecule has 4 nitrogen and oxygen atoms in total. The maximum atomic E-state index is 13.4. The highest BCUT2D eigenvalue weighted by atomic mass is 32.2. The van der Waals surface area contributed by atoms with Crippen LogP contribution in [0.1, 0.15) is 0 Å². The number of alkyl halides is 21. The molecule has 0 saturated carbocycles. The molecular formula is C16H8F21NO3S. The van der Waals surface area contributed by atoms with Crippen LogP contribution in [-0.2, 0) is 10.1 Å². The molecule has 0 radical (unpaired) electrons. The van der Waals surface area contributed by atoms with E-state index in [-0.39, 0.29) is 0 Å². The Kier molecular flexibility index (Phi) is 10.3. The van der Waals surface area contributed by atoms with Gasteiger partial charge in [-0.05, 0) is 0 Å². The fourth-order valence-corrected chi connectivity index (χ4v) is 2.87. The van der Waals surface area contributed by atoms with Gasteiger partial charge in [0, 0.05) is 12.1 Å². The summed E-state index contributed by atoms with van der Waals surface area (Å²) in [5.74, 6) is -83.6. The predicted octanol–water partition coefficient (Wildman–Crippen LogP) is 6.31. The molecule has 0 bridgehead atoms. The second kappa shape index (κ2) is 10.9. The van der Waals surface area contributed by atoms with Crippen molar-refractivity contribution in [1.82, 2.24) is 0 Å². The Bertz CT molecular complexity index is 1140. The van der Waals surface area contributed by atoms with Gasteiger partial charge in [0.2, 0.25) is 0 Å². The lowest BCUT2D eigenvalue weighted by Gasteiger charge is -2.44. The van der Waals surface area contributed by atoms with Crippen molar-refractivity contribution in [2.75, 3.05) is 5.75 Å². The van der Waals surface area contributed by atoms with Crippen molar-refractivity contribution in [2.24, 2.45) is 0 Å². The van der Waals surface area contributed by atoms with E-state index in [4.69, 9.17) is 0 Å². The molecule has 42 heavy (non-hydrogen) atoms. The molecule has 0 unspecified atom stereocenters. The molecule has 0 amide bonds. The number of aromatic amines is 1. The topological polar surface area (TPSA) is 71.3 Å². The van der Waals surface area contributed by atoms with Crippen LogP contribution in [-0.4, -0.2) is 78.2 Å². The first kappa shape index (κ1) is 39.6. The molecular weight excluding hydrogens is 685 g/mol. The lowest BCUT2D eigenvalue weighted by Crippen LogP contribution is -2.77. The van der Waals surface area contributed by atoms with Crippen LogP contribution < -0.4 is 4.98 Å². The first-order valence-electron chi connectivity index (χ1n) is 9.27. The van der Waals surface area contributed by atoms with Crippen molar-refractivity contribution < 1.29 is 110 Å². The summed E-state index contributed by atoms with van der Waals surface area (Å²) in [6.07, 6.45) is -4.32. The molecule has 0 atom stereocenters. The third-order valence-electron chi connectivity index (χ3n) is 4.54. The van der Waals surface area contributed by atoms with Gasteiger partial charge in [-0.15, -0.1) is 0 Å². The average Bonchev–Trinajstić information content (AvgIpc) is 2.77. The monoisotopic (exact) mass is 693 g/mol. The summed E-state index contributed by atoms with van der Waals surface area (Å²) in [5.41, 5.74) is 0. The fraction of sp³-hybridized carbons (Fsp3) is 0.688. The molecule has 1 aromatic rings. The van der Waals surface area contributed by atoms with Crippen molar-refractivity contribution in [3.8, 4) is 0 Å². The van der Waals surface area contributed by atoms with Crippen LogP contribution >= 0.6 is 0 Å². The number of halogens is 21. The normalized spacial score (nSPS) is 15.7. The molecule has 1 N–H and O–H groups in total. The van der Waals surface area contributed by atoms with Crippen LogP contribution in [0, 0.1) is 0 Å². The number of pyridine rings is 1. The van der Waals surface area contributed by atoms with Crippen LogP contribution in [0.15, 0.2) is 30.6 Å². The summed E-state index contributed by atoms with van der Waals surface area (Å²) in [6.45, 7) is 0. The Morgan fingerprint density at radius 3 is 0.905 bits per heavy atom. The van der Waals surface area contributed by atoms with Gasteiger partial charge in [0.05, 0.1) is 0 Å². The van der Waals surface area contributed by atoms with Crippen LogP contribution in [0.2, 0.25) is 0 Å². The van der Waals surface area contributed by atoms with Gasteiger partial charge in [-0.1, -0.05) is 6.07 Å². The number of hydrogen-bond donors (Lipinski definition) is 0. The zero-order valence-electron chi connectivity index (χ0n) is 18.7. The van der Waals surface area contributed by atoms with Crippen molar-refractivity contribution >= 4 is 10.1 Å². The van der Waals surface area contributed by atoms with Gasteiger partial charge in [0.15, 0.2) is 12.4 Å². The van der Waals surface area contributed by atoms with Crippen molar-refractivity contribution in [3.63, 3.8) is 0 Å². The van der Waals surface area contributed by atoms with Crippen LogP contribution in [0.3, 0.4) is 0 Å². The molecule has 0 aliphatic rings. The number of H-pyrrole nitrogens is 1. The second-order valence-electron chi connectivity index (χ2n) is 7.58. The van der Waals surface area contributed by atoms with Gasteiger partial charge in [-0.25, -0.2) is 13.4 Å². The molecule has 0 aromatic carbocycles. The van der Waals surface area contributed by atoms with E-state index in [9.17, 15) is 105 Å². The highest BCUT2D eigenvalue weighted by Crippen LogP contribution is 2.66. The first-order chi connectivity index (χ1) is 18.0. The van der Waals surface area contributed by atoms with Gasteiger partial charge in [0.25, 0.3) is 0 Å². The van der Waals surface area contributed by atoms with Gasteiger partial charge < -0.3 is 4.55 Å². The number of nitrogens with one attached hydrogen (secondary N) is 1. The molecule has 0 spiro atoms. The van der Waals surface area contributed by atoms with Gasteiger partial charge in [-0.3, -0.25) is 0 Å². The van der Waals surface area contributed by atoms with E-state index in [0.717, 1.165) is 0 Å². The largest absolute Gasteiger partial charge is 0.748 e. The molecule has 1 aromatic heterocycles. The highest BCUT2D eigenvalue weighted by molar-refractivity contribution is 7.85. The number of hydrogen-bond acceptors (Lipinski definition) is 3. The molecule has 1 rings (SSSR count). The quantitative estimate of drug-likeness (QED) is 0.213. The van der Waals surface area contributed by atoms with Crippen molar-refractivity contribution in [1.29, 1.82) is 0 Å². The second-order valence-corrected chi connectivity index (χ2v) is 8.98. The molecule has 0 fully saturated rings. The third-order valence-corrected chi connectivity index (χ3v) is 5.26. The van der Waals surface area contributed by atoms with Crippen LogP contribution in [0.25, 0.3) is 0 Å². The number of aromatic nitrogens is 1. The highest BCUT2D eigenvalue weighted by Gasteiger charge is 2.97. The van der Waals surface area contributed by atoms with E-state index in [1.165, 1.54) is 0 Å². The minimum atomic E-state index is -9.33. The first-order valence-corrected chi connectivity index (χ1v) is 10.8. The minimum Gasteiger partial charge on any atom is -0.748 e. The Morgan fingerprint density at radius 2 is 0.714 bits per heavy atom. The molecule has 248 valence electrons. The molecule has 0 aliphatic heterocycles. The molecule has 1 heterocycles. The smallest absolute Gasteiger partial charge is 0.460 e. The molecule has 0 saturated heterocycles. The van der Waals surface area contributed by atoms with Gasteiger partial charge >= 0.3 is 59.5 Å². The molecule has 0 aliphatic carbocycles. The summed E-state index contributed by atoms with van der Waals surface area (Å²) >= 11 is 0. The maximum absolute atomic E-state index is 13.4. The van der Waals surface area contributed by atoms with Crippen molar-refractivity contribution in [3.05, 3.63) is 30.6 Å². The van der Waals surface area contributed by atoms with Crippen molar-refractivity contribution in [2.45, 2.75) is 59.5 Å². The van der Waals surface area contributed by atoms with E-state index in [1.807, 2.05) is 30.6 Å². The average molecular weight is 693 g/mol. The Balaban J connectivity index is 0.00000246. The summed E-state index contributed by atoms with van der Waals surface area (Å²) < 4.78 is 302. The summed E-state index contributed by atoms with van der Waals surface area (Å²) in [4.78, 5) is 2.89. The fourth-order valence-electron chi connectivity index (χ4n) is 2.25. The number of rotatable bonds is 10. The van der Waals surface area contributed by atoms with E-state index < -0.39 is 75.4 Å². The van der Waals surface area contributed by atoms with Crippen LogP contribution in [0.5, 0.6) is 0 Å². The molecule has 26 heteroatoms. The van der Waals surface area contributed by atoms with E-state index >= 15 is 0 Å². The minimum absolute atomic E-state index is 1.88. The Hall–Kier alpha value is -2.41. The lowest BCUT2D eigenvalue weighted by atomic mass is 9.86. The van der Waals surface area contributed by atoms with E-state index in [0.29, 0.717) is 0 Å². The maximum Gasteiger partial charge on any atom is 0.460 e. The van der Waals surface area contributed by atoms with E-state index in [1.54, 1.807) is 0 Å². The van der Waals surface area contributed by atoms with Gasteiger partial charge in [-0.2, -0.15) is 92.2 Å². The third kappa shape index (κ3) is 6.13. The Labute approximate surface area is 217 Å². The predicted molar refractivity (Wildman–Crippen MR) is 88.1 cm³/mol. The summed E-state index contributed by atoms with van der Waals surface area (Å²) in [6, 6.07) is 5.86. The summed E-state index contributed by atoms with van der Waals surface area (Å²) in [5, 5.41) is 0. The van der Waals surface area contributed by atoms with Gasteiger partial charge in [0.1, 0.15) is 15.9 Å². The zero-order valence-corrected chi connectivity index (χ0v) is 19.5. The Morgan fingerprint density at radius 1 is 0.452 bits per heavy atom. The van der Waals surface area contributed by atoms with E-state index in [2.05, 4.69) is 4.98 Å². The SMILES string of the molecule is O=S(=O)([O-])CC(F)(F)C(F)(F)C(F)(F)C(F)(F)C(F)(F)C(F)(F)C(F)(F)C(F)(F)C(F)(F)C(F)(F)F.c1cc[nH+]cc1. The standard InChI is InChI=1S/C11H3F21O3S.C5H5N/c12-2(13,1-36(33,34)35)3(14,15)4(16,17)5(18,19)6(20,21)7(22,23)8(24,25)9(26,27)10(28,29)11(30,31)32;1-2-4-6-5-3-1/h1H2,(H,33,34,35);1-5H.